The van der Waals surface area contributed by atoms with Gasteiger partial charge in [-0.15, -0.1) is 0 Å². The number of hydrogen-bond donors (Lipinski definition) is 0. The maximum absolute atomic E-state index is 14.1. The minimum absolute atomic E-state index is 0.0599. The van der Waals surface area contributed by atoms with Crippen LogP contribution in [0.15, 0.2) is 72.8 Å². The zero-order valence-electron chi connectivity index (χ0n) is 26.7. The summed E-state index contributed by atoms with van der Waals surface area (Å²) in [5, 5.41) is 0. The molecule has 2 aromatic rings. The van der Waals surface area contributed by atoms with Crippen LogP contribution in [0.25, 0.3) is 0 Å². The minimum Gasteiger partial charge on any atom is -0.463 e. The lowest BCUT2D eigenvalue weighted by Crippen LogP contribution is -2.60. The first kappa shape index (κ1) is 33.5. The van der Waals surface area contributed by atoms with Crippen molar-refractivity contribution in [3.8, 4) is 0 Å². The second kappa shape index (κ2) is 13.7. The van der Waals surface area contributed by atoms with Crippen molar-refractivity contribution in [1.82, 2.24) is 9.80 Å². The summed E-state index contributed by atoms with van der Waals surface area (Å²) in [6, 6.07) is 16.0. The molecule has 2 fully saturated rings. The number of hydrogen-bond acceptors (Lipinski definition) is 9. The lowest BCUT2D eigenvalue weighted by molar-refractivity contribution is -0.137. The van der Waals surface area contributed by atoms with Gasteiger partial charge in [0.1, 0.15) is 17.9 Å². The van der Waals surface area contributed by atoms with Gasteiger partial charge >= 0.3 is 24.1 Å². The minimum atomic E-state index is -1.76. The molecule has 0 N–H and O–H groups in total. The molecule has 3 atom stereocenters. The molecule has 11 heteroatoms. The van der Waals surface area contributed by atoms with E-state index in [1.807, 2.05) is 30.3 Å². The first-order chi connectivity index (χ1) is 21.3. The van der Waals surface area contributed by atoms with Crippen molar-refractivity contribution in [3.05, 3.63) is 83.9 Å². The van der Waals surface area contributed by atoms with Crippen molar-refractivity contribution in [2.24, 2.45) is 0 Å². The molecule has 2 heterocycles. The highest BCUT2D eigenvalue weighted by atomic mass is 16.6. The second-order valence-corrected chi connectivity index (χ2v) is 12.4. The van der Waals surface area contributed by atoms with Crippen LogP contribution < -0.4 is 0 Å². The Morgan fingerprint density at radius 1 is 0.911 bits per heavy atom. The predicted octanol–water partition coefficient (Wildman–Crippen LogP) is 5.83. The molecule has 0 aliphatic carbocycles. The molecule has 0 radical (unpaired) electrons. The van der Waals surface area contributed by atoms with Gasteiger partial charge in [0.15, 0.2) is 0 Å². The molecule has 4 rings (SSSR count). The van der Waals surface area contributed by atoms with Gasteiger partial charge in [-0.25, -0.2) is 19.2 Å². The van der Waals surface area contributed by atoms with Crippen molar-refractivity contribution < 1.29 is 42.9 Å². The lowest BCUT2D eigenvalue weighted by atomic mass is 10.0. The molecule has 2 aliphatic rings. The maximum Gasteiger partial charge on any atom is 0.413 e. The smallest absolute Gasteiger partial charge is 0.413 e. The Morgan fingerprint density at radius 2 is 1.56 bits per heavy atom. The first-order valence-corrected chi connectivity index (χ1v) is 15.1. The molecule has 3 unspecified atom stereocenters. The lowest BCUT2D eigenvalue weighted by Gasteiger charge is -2.42. The third kappa shape index (κ3) is 8.02. The van der Waals surface area contributed by atoms with Gasteiger partial charge in [-0.1, -0.05) is 48.5 Å². The van der Waals surface area contributed by atoms with E-state index in [1.54, 1.807) is 71.9 Å². The molecule has 2 aliphatic heterocycles. The van der Waals surface area contributed by atoms with Crippen LogP contribution in [0.3, 0.4) is 0 Å². The Kier molecular flexibility index (Phi) is 10.2. The van der Waals surface area contributed by atoms with E-state index in [0.717, 1.165) is 11.6 Å². The number of amides is 2. The number of nitrogens with zero attached hydrogens (tertiary/aromatic N) is 2. The number of esters is 2. The third-order valence-corrected chi connectivity index (χ3v) is 7.54. The van der Waals surface area contributed by atoms with Crippen LogP contribution in [0.2, 0.25) is 0 Å². The van der Waals surface area contributed by atoms with Crippen LogP contribution in [0.1, 0.15) is 70.3 Å². The summed E-state index contributed by atoms with van der Waals surface area (Å²) in [5.41, 5.74) is -2.62. The van der Waals surface area contributed by atoms with Gasteiger partial charge in [-0.05, 0) is 71.7 Å². The van der Waals surface area contributed by atoms with Crippen LogP contribution in [0, 0.1) is 0 Å². The predicted molar refractivity (Wildman–Crippen MR) is 164 cm³/mol. The van der Waals surface area contributed by atoms with Crippen molar-refractivity contribution >= 4 is 24.1 Å². The Bertz CT molecular complexity index is 1390. The van der Waals surface area contributed by atoms with Gasteiger partial charge < -0.3 is 23.7 Å². The van der Waals surface area contributed by atoms with E-state index in [9.17, 15) is 19.2 Å². The molecule has 2 aromatic carbocycles. The van der Waals surface area contributed by atoms with E-state index in [0.29, 0.717) is 0 Å². The Hall–Kier alpha value is -4.38. The molecular weight excluding hydrogens is 580 g/mol. The molecular formula is C34H42N2O9. The fourth-order valence-corrected chi connectivity index (χ4v) is 5.59. The molecule has 0 spiro atoms. The highest BCUT2D eigenvalue weighted by Crippen LogP contribution is 2.43. The zero-order valence-corrected chi connectivity index (χ0v) is 26.7. The largest absolute Gasteiger partial charge is 0.463 e. The summed E-state index contributed by atoms with van der Waals surface area (Å²) in [7, 11) is 0. The van der Waals surface area contributed by atoms with Crippen LogP contribution in [0.4, 0.5) is 9.59 Å². The molecule has 11 nitrogen and oxygen atoms in total. The van der Waals surface area contributed by atoms with Gasteiger partial charge in [-0.3, -0.25) is 9.80 Å². The Labute approximate surface area is 264 Å². The number of benzene rings is 2. The highest BCUT2D eigenvalue weighted by Gasteiger charge is 2.59. The van der Waals surface area contributed by atoms with Gasteiger partial charge in [0.05, 0.1) is 30.9 Å². The Morgan fingerprint density at radius 3 is 2.18 bits per heavy atom. The van der Waals surface area contributed by atoms with Crippen molar-refractivity contribution in [2.45, 2.75) is 90.1 Å². The van der Waals surface area contributed by atoms with Crippen molar-refractivity contribution in [2.75, 3.05) is 13.2 Å². The molecule has 0 bridgehead atoms. The molecule has 45 heavy (non-hydrogen) atoms. The van der Waals surface area contributed by atoms with E-state index >= 15 is 0 Å². The number of rotatable bonds is 8. The van der Waals surface area contributed by atoms with Gasteiger partial charge in [0.2, 0.25) is 5.72 Å². The van der Waals surface area contributed by atoms with Crippen molar-refractivity contribution in [3.63, 3.8) is 0 Å². The van der Waals surface area contributed by atoms with E-state index in [-0.39, 0.29) is 38.2 Å². The molecule has 2 amide bonds. The SMILES string of the molecule is CCOC(=O)/C=C/C1(OC(=O)c2ccccc2)CCC(C2COC(C)(C)N2C(=O)OC(C)(C)C)N1C(=O)OCc1ccccc1. The summed E-state index contributed by atoms with van der Waals surface area (Å²) >= 11 is 0. The highest BCUT2D eigenvalue weighted by molar-refractivity contribution is 5.90. The topological polar surface area (TPSA) is 121 Å². The van der Waals surface area contributed by atoms with Crippen molar-refractivity contribution in [1.29, 1.82) is 0 Å². The van der Waals surface area contributed by atoms with E-state index < -0.39 is 53.3 Å². The van der Waals surface area contributed by atoms with Gasteiger partial charge in [0, 0.05) is 12.5 Å². The summed E-state index contributed by atoms with van der Waals surface area (Å²) in [6.07, 6.45) is 1.46. The quantitative estimate of drug-likeness (QED) is 0.203. The number of likely N-dealkylation sites (tertiary alicyclic amines) is 1. The molecule has 0 saturated carbocycles. The summed E-state index contributed by atoms with van der Waals surface area (Å²) in [4.78, 5) is 56.5. The van der Waals surface area contributed by atoms with E-state index in [2.05, 4.69) is 0 Å². The second-order valence-electron chi connectivity index (χ2n) is 12.4. The van der Waals surface area contributed by atoms with E-state index in [4.69, 9.17) is 23.7 Å². The van der Waals surface area contributed by atoms with Crippen LogP contribution >= 0.6 is 0 Å². The van der Waals surface area contributed by atoms with Crippen LogP contribution in [-0.4, -0.2) is 76.3 Å². The maximum atomic E-state index is 14.1. The normalized spacial score (nSPS) is 22.7. The number of carbonyl (C=O) groups is 4. The van der Waals surface area contributed by atoms with E-state index in [1.165, 1.54) is 15.9 Å². The van der Waals surface area contributed by atoms with Crippen LogP contribution in [0.5, 0.6) is 0 Å². The van der Waals surface area contributed by atoms with Gasteiger partial charge in [0.25, 0.3) is 0 Å². The average molecular weight is 623 g/mol. The third-order valence-electron chi connectivity index (χ3n) is 7.54. The first-order valence-electron chi connectivity index (χ1n) is 15.1. The summed E-state index contributed by atoms with van der Waals surface area (Å²) < 4.78 is 28.8. The number of carbonyl (C=O) groups excluding carboxylic acids is 4. The van der Waals surface area contributed by atoms with Crippen LogP contribution in [-0.2, 0) is 35.1 Å². The average Bonchev–Trinajstić information content (AvgIpc) is 3.51. The Balaban J connectivity index is 1.78. The zero-order chi connectivity index (χ0) is 32.8. The fourth-order valence-electron chi connectivity index (χ4n) is 5.59. The molecule has 0 aromatic heterocycles. The fraction of sp³-hybridized carbons (Fsp3) is 0.471. The van der Waals surface area contributed by atoms with Gasteiger partial charge in [-0.2, -0.15) is 0 Å². The monoisotopic (exact) mass is 622 g/mol. The molecule has 2 saturated heterocycles. The standard InChI is InChI=1S/C34H42N2O9/c1-7-41-28(37)19-21-34(44-29(38)25-16-12-9-13-17-25)20-18-26(36(34)30(39)42-22-24-14-10-8-11-15-24)27-23-43-33(5,6)35(27)31(40)45-32(2,3)4/h8-17,19,21,26-27H,7,18,20,22-23H2,1-6H3/b21-19+. The summed E-state index contributed by atoms with van der Waals surface area (Å²) in [5.74, 6) is -1.38. The number of ether oxygens (including phenoxy) is 5. The summed E-state index contributed by atoms with van der Waals surface area (Å²) in [6.45, 7) is 10.6. The molecule has 242 valence electrons.